The van der Waals surface area contributed by atoms with Crippen LogP contribution in [0.3, 0.4) is 0 Å². The number of carbonyl (C=O) groups is 2. The number of amides is 1. The number of benzene rings is 3. The Bertz CT molecular complexity index is 1030. The Balaban J connectivity index is 1.37. The van der Waals surface area contributed by atoms with Gasteiger partial charge < -0.3 is 10.1 Å². The van der Waals surface area contributed by atoms with E-state index in [1.807, 2.05) is 30.3 Å². The van der Waals surface area contributed by atoms with E-state index in [1.165, 1.54) is 11.1 Å². The van der Waals surface area contributed by atoms with E-state index in [4.69, 9.17) is 4.74 Å². The highest BCUT2D eigenvalue weighted by Crippen LogP contribution is 2.29. The Morgan fingerprint density at radius 3 is 2.33 bits per heavy atom. The van der Waals surface area contributed by atoms with Crippen molar-refractivity contribution in [3.05, 3.63) is 101 Å². The Kier molecular flexibility index (Phi) is 5.94. The fraction of sp³-hybridized carbons (Fsp3) is 0.231. The second-order valence-electron chi connectivity index (χ2n) is 7.63. The number of hydrogen-bond donors (Lipinski definition) is 1. The van der Waals surface area contributed by atoms with Gasteiger partial charge in [-0.1, -0.05) is 54.6 Å². The number of hydrogen-bond acceptors (Lipinski definition) is 3. The van der Waals surface area contributed by atoms with Crippen molar-refractivity contribution in [2.45, 2.75) is 38.3 Å². The first-order valence-electron chi connectivity index (χ1n) is 10.4. The zero-order valence-electron chi connectivity index (χ0n) is 17.0. The summed E-state index contributed by atoms with van der Waals surface area (Å²) in [6, 6.07) is 24.4. The van der Waals surface area contributed by atoms with E-state index in [9.17, 15) is 9.59 Å². The minimum Gasteiger partial charge on any atom is -0.481 e. The molecule has 0 aromatic heterocycles. The second kappa shape index (κ2) is 8.95. The highest BCUT2D eigenvalue weighted by molar-refractivity contribution is 6.09. The molecule has 1 N–H and O–H groups in total. The van der Waals surface area contributed by atoms with E-state index in [2.05, 4.69) is 17.4 Å². The molecule has 0 heterocycles. The Morgan fingerprint density at radius 1 is 0.900 bits per heavy atom. The fourth-order valence-electron chi connectivity index (χ4n) is 3.89. The monoisotopic (exact) mass is 399 g/mol. The molecule has 4 rings (SSSR count). The van der Waals surface area contributed by atoms with Crippen LogP contribution >= 0.6 is 0 Å². The van der Waals surface area contributed by atoms with Gasteiger partial charge >= 0.3 is 0 Å². The molecule has 0 bridgehead atoms. The standard InChI is InChI=1S/C26H25NO3/c1-18(26(29)27-24-13-7-11-19-8-5-6-12-23(19)24)30-22-16-14-21(15-17-22)25(28)20-9-3-2-4-10-20/h2-6,8-10,12,14-18,24H,7,11,13H2,1H3,(H,27,29). The van der Waals surface area contributed by atoms with Gasteiger partial charge in [0, 0.05) is 11.1 Å². The molecule has 4 nitrogen and oxygen atoms in total. The van der Waals surface area contributed by atoms with Crippen LogP contribution in [0.4, 0.5) is 0 Å². The molecule has 3 aromatic rings. The summed E-state index contributed by atoms with van der Waals surface area (Å²) in [6.07, 6.45) is 2.43. The number of fused-ring (bicyclic) bond motifs is 1. The summed E-state index contributed by atoms with van der Waals surface area (Å²) in [5, 5.41) is 3.13. The molecule has 0 saturated carbocycles. The third-order valence-electron chi connectivity index (χ3n) is 5.52. The predicted molar refractivity (Wildman–Crippen MR) is 117 cm³/mol. The molecule has 0 saturated heterocycles. The van der Waals surface area contributed by atoms with E-state index < -0.39 is 6.10 Å². The minimum atomic E-state index is -0.630. The molecule has 2 unspecified atom stereocenters. The maximum Gasteiger partial charge on any atom is 0.261 e. The maximum absolute atomic E-state index is 12.7. The predicted octanol–water partition coefficient (Wildman–Crippen LogP) is 4.88. The second-order valence-corrected chi connectivity index (χ2v) is 7.63. The fourth-order valence-corrected chi connectivity index (χ4v) is 3.89. The number of carbonyl (C=O) groups excluding carboxylic acids is 2. The van der Waals surface area contributed by atoms with Crippen molar-refractivity contribution in [1.29, 1.82) is 0 Å². The van der Waals surface area contributed by atoms with Crippen molar-refractivity contribution < 1.29 is 14.3 Å². The summed E-state index contributed by atoms with van der Waals surface area (Å²) in [5.74, 6) is 0.386. The molecule has 4 heteroatoms. The summed E-state index contributed by atoms with van der Waals surface area (Å²) < 4.78 is 5.82. The van der Waals surface area contributed by atoms with Gasteiger partial charge in [0.15, 0.2) is 11.9 Å². The SMILES string of the molecule is CC(Oc1ccc(C(=O)c2ccccc2)cc1)C(=O)NC1CCCc2ccccc21. The summed E-state index contributed by atoms with van der Waals surface area (Å²) in [6.45, 7) is 1.74. The first-order chi connectivity index (χ1) is 14.6. The van der Waals surface area contributed by atoms with Crippen molar-refractivity contribution in [3.63, 3.8) is 0 Å². The zero-order chi connectivity index (χ0) is 20.9. The Hall–Kier alpha value is -3.40. The lowest BCUT2D eigenvalue weighted by molar-refractivity contribution is -0.128. The molecular weight excluding hydrogens is 374 g/mol. The van der Waals surface area contributed by atoms with Crippen LogP contribution in [0.5, 0.6) is 5.75 Å². The van der Waals surface area contributed by atoms with Crippen LogP contribution in [0, 0.1) is 0 Å². The molecular formula is C26H25NO3. The van der Waals surface area contributed by atoms with Gasteiger partial charge in [-0.3, -0.25) is 9.59 Å². The molecule has 30 heavy (non-hydrogen) atoms. The molecule has 2 atom stereocenters. The number of aryl methyl sites for hydroxylation is 1. The molecule has 0 spiro atoms. The number of ketones is 1. The van der Waals surface area contributed by atoms with Gasteiger partial charge in [0.05, 0.1) is 6.04 Å². The van der Waals surface area contributed by atoms with Crippen LogP contribution < -0.4 is 10.1 Å². The normalized spacial score (nSPS) is 16.2. The van der Waals surface area contributed by atoms with E-state index in [0.29, 0.717) is 16.9 Å². The van der Waals surface area contributed by atoms with E-state index in [0.717, 1.165) is 19.3 Å². The highest BCUT2D eigenvalue weighted by Gasteiger charge is 2.24. The quantitative estimate of drug-likeness (QED) is 0.601. The summed E-state index contributed by atoms with van der Waals surface area (Å²) in [5.41, 5.74) is 3.74. The van der Waals surface area contributed by atoms with Gasteiger partial charge in [-0.15, -0.1) is 0 Å². The minimum absolute atomic E-state index is 0.0272. The molecule has 0 aliphatic heterocycles. The lowest BCUT2D eigenvalue weighted by Crippen LogP contribution is -2.39. The third kappa shape index (κ3) is 4.43. The molecule has 1 aliphatic rings. The zero-order valence-corrected chi connectivity index (χ0v) is 17.0. The molecule has 0 radical (unpaired) electrons. The first-order valence-corrected chi connectivity index (χ1v) is 10.4. The molecule has 1 aliphatic carbocycles. The Labute approximate surface area is 176 Å². The van der Waals surface area contributed by atoms with Crippen LogP contribution in [-0.2, 0) is 11.2 Å². The molecule has 1 amide bonds. The number of nitrogens with one attached hydrogen (secondary N) is 1. The van der Waals surface area contributed by atoms with E-state index in [1.54, 1.807) is 43.3 Å². The van der Waals surface area contributed by atoms with Crippen molar-refractivity contribution in [2.75, 3.05) is 0 Å². The lowest BCUT2D eigenvalue weighted by Gasteiger charge is -2.27. The van der Waals surface area contributed by atoms with Crippen LogP contribution in [0.2, 0.25) is 0 Å². The van der Waals surface area contributed by atoms with Crippen LogP contribution in [0.15, 0.2) is 78.9 Å². The van der Waals surface area contributed by atoms with Crippen molar-refractivity contribution >= 4 is 11.7 Å². The van der Waals surface area contributed by atoms with Gasteiger partial charge in [-0.05, 0) is 61.6 Å². The van der Waals surface area contributed by atoms with Crippen LogP contribution in [0.25, 0.3) is 0 Å². The molecule has 0 fully saturated rings. The summed E-state index contributed by atoms with van der Waals surface area (Å²) in [4.78, 5) is 25.2. The van der Waals surface area contributed by atoms with E-state index >= 15 is 0 Å². The van der Waals surface area contributed by atoms with Crippen molar-refractivity contribution in [1.82, 2.24) is 5.32 Å². The van der Waals surface area contributed by atoms with E-state index in [-0.39, 0.29) is 17.7 Å². The third-order valence-corrected chi connectivity index (χ3v) is 5.52. The topological polar surface area (TPSA) is 55.4 Å². The summed E-state index contributed by atoms with van der Waals surface area (Å²) >= 11 is 0. The largest absolute Gasteiger partial charge is 0.481 e. The highest BCUT2D eigenvalue weighted by atomic mass is 16.5. The average molecular weight is 399 g/mol. The van der Waals surface area contributed by atoms with Gasteiger partial charge in [-0.2, -0.15) is 0 Å². The summed E-state index contributed by atoms with van der Waals surface area (Å²) in [7, 11) is 0. The van der Waals surface area contributed by atoms with Gasteiger partial charge in [0.25, 0.3) is 5.91 Å². The maximum atomic E-state index is 12.7. The molecule has 152 valence electrons. The number of ether oxygens (including phenoxy) is 1. The Morgan fingerprint density at radius 2 is 1.57 bits per heavy atom. The lowest BCUT2D eigenvalue weighted by atomic mass is 9.87. The average Bonchev–Trinajstić information content (AvgIpc) is 2.80. The number of rotatable bonds is 6. The van der Waals surface area contributed by atoms with Crippen molar-refractivity contribution in [3.8, 4) is 5.75 Å². The smallest absolute Gasteiger partial charge is 0.261 e. The van der Waals surface area contributed by atoms with Crippen molar-refractivity contribution in [2.24, 2.45) is 0 Å². The van der Waals surface area contributed by atoms with Gasteiger partial charge in [0.1, 0.15) is 5.75 Å². The first kappa shape index (κ1) is 19.9. The van der Waals surface area contributed by atoms with Gasteiger partial charge in [-0.25, -0.2) is 0 Å². The van der Waals surface area contributed by atoms with Crippen LogP contribution in [0.1, 0.15) is 52.9 Å². The van der Waals surface area contributed by atoms with Crippen LogP contribution in [-0.4, -0.2) is 17.8 Å². The van der Waals surface area contributed by atoms with Gasteiger partial charge in [0.2, 0.25) is 0 Å². The molecule has 3 aromatic carbocycles.